The topological polar surface area (TPSA) is 269 Å². The fourth-order valence-corrected chi connectivity index (χ4v) is 4.03. The van der Waals surface area contributed by atoms with Gasteiger partial charge in [0.15, 0.2) is 0 Å². The van der Waals surface area contributed by atoms with Crippen molar-refractivity contribution in [2.75, 3.05) is 0 Å². The summed E-state index contributed by atoms with van der Waals surface area (Å²) in [5.41, 5.74) is 20.6. The SMILES string of the molecule is C/C(C=NN=C(N)N)=N\N=C(N)N.O=C(O)c1cc2ccccc2c(Cc2c(O)c(C(=O)O)cc3ccccc23)c1O. The second-order valence-corrected chi connectivity index (χ2v) is 8.77. The van der Waals surface area contributed by atoms with Crippen LogP contribution in [0.15, 0.2) is 81.1 Å². The van der Waals surface area contributed by atoms with Gasteiger partial charge in [0, 0.05) is 17.5 Å². The molecule has 0 bridgehead atoms. The van der Waals surface area contributed by atoms with Gasteiger partial charge in [-0.1, -0.05) is 48.5 Å². The van der Waals surface area contributed by atoms with Crippen LogP contribution in [0.3, 0.4) is 0 Å². The highest BCUT2D eigenvalue weighted by atomic mass is 16.4. The van der Waals surface area contributed by atoms with Gasteiger partial charge in [0.05, 0.1) is 11.9 Å². The Morgan fingerprint density at radius 2 is 1.14 bits per heavy atom. The van der Waals surface area contributed by atoms with E-state index in [-0.39, 0.29) is 29.5 Å². The summed E-state index contributed by atoms with van der Waals surface area (Å²) >= 11 is 0. The first-order valence-corrected chi connectivity index (χ1v) is 12.1. The molecule has 0 spiro atoms. The van der Waals surface area contributed by atoms with Crippen molar-refractivity contribution in [3.63, 3.8) is 0 Å². The van der Waals surface area contributed by atoms with Crippen LogP contribution in [0.4, 0.5) is 0 Å². The molecule has 0 saturated carbocycles. The molecule has 0 aliphatic carbocycles. The summed E-state index contributed by atoms with van der Waals surface area (Å²) in [5.74, 6) is -3.62. The molecular weight excluding hydrogens is 544 g/mol. The number of hydrogen-bond acceptors (Lipinski definition) is 8. The van der Waals surface area contributed by atoms with Gasteiger partial charge in [-0.2, -0.15) is 10.2 Å². The fourth-order valence-electron chi connectivity index (χ4n) is 4.03. The largest absolute Gasteiger partial charge is 0.507 e. The Labute approximate surface area is 238 Å². The van der Waals surface area contributed by atoms with E-state index in [1.54, 1.807) is 55.5 Å². The number of nitrogens with two attached hydrogens (primary N) is 4. The number of aromatic carboxylic acids is 2. The van der Waals surface area contributed by atoms with Gasteiger partial charge in [-0.05, 0) is 40.6 Å². The first-order chi connectivity index (χ1) is 19.9. The molecule has 42 heavy (non-hydrogen) atoms. The quantitative estimate of drug-likeness (QED) is 0.0908. The number of phenols is 2. The highest BCUT2D eigenvalue weighted by molar-refractivity contribution is 6.29. The van der Waals surface area contributed by atoms with E-state index in [1.165, 1.54) is 18.3 Å². The van der Waals surface area contributed by atoms with Crippen molar-refractivity contribution in [2.45, 2.75) is 13.3 Å². The maximum atomic E-state index is 11.6. The Hall–Kier alpha value is -6.18. The van der Waals surface area contributed by atoms with Crippen LogP contribution in [-0.2, 0) is 6.42 Å². The zero-order valence-electron chi connectivity index (χ0n) is 22.3. The molecule has 0 aliphatic heterocycles. The molecular formula is C28H28N8O6. The zero-order valence-corrected chi connectivity index (χ0v) is 22.3. The summed E-state index contributed by atoms with van der Waals surface area (Å²) in [7, 11) is 0. The molecule has 0 saturated heterocycles. The first-order valence-electron chi connectivity index (χ1n) is 12.1. The minimum atomic E-state index is -1.28. The van der Waals surface area contributed by atoms with Crippen LogP contribution < -0.4 is 22.9 Å². The van der Waals surface area contributed by atoms with E-state index < -0.39 is 23.4 Å². The lowest BCUT2D eigenvalue weighted by Crippen LogP contribution is -2.22. The fraction of sp³-hybridized carbons (Fsp3) is 0.0714. The Bertz CT molecular complexity index is 1690. The lowest BCUT2D eigenvalue weighted by molar-refractivity contribution is 0.0682. The molecule has 4 aromatic carbocycles. The second kappa shape index (κ2) is 13.3. The van der Waals surface area contributed by atoms with Crippen molar-refractivity contribution >= 4 is 57.3 Å². The molecule has 216 valence electrons. The van der Waals surface area contributed by atoms with E-state index in [0.717, 1.165) is 0 Å². The molecule has 0 heterocycles. The summed E-state index contributed by atoms with van der Waals surface area (Å²) in [4.78, 5) is 23.2. The molecule has 4 rings (SSSR count). The van der Waals surface area contributed by atoms with Gasteiger partial charge in [-0.25, -0.2) is 9.59 Å². The van der Waals surface area contributed by atoms with E-state index in [2.05, 4.69) is 20.4 Å². The van der Waals surface area contributed by atoms with E-state index in [4.69, 9.17) is 22.9 Å². The van der Waals surface area contributed by atoms with Crippen LogP contribution in [0.1, 0.15) is 38.8 Å². The molecule has 0 aliphatic rings. The average Bonchev–Trinajstić information content (AvgIpc) is 2.94. The number of aromatic hydroxyl groups is 2. The maximum absolute atomic E-state index is 11.6. The molecule has 14 nitrogen and oxygen atoms in total. The molecule has 0 fully saturated rings. The van der Waals surface area contributed by atoms with E-state index in [9.17, 15) is 30.0 Å². The Kier molecular flexibility index (Phi) is 9.58. The summed E-state index contributed by atoms with van der Waals surface area (Å²) in [6.45, 7) is 1.64. The summed E-state index contributed by atoms with van der Waals surface area (Å²) in [5, 5.41) is 56.6. The van der Waals surface area contributed by atoms with E-state index in [1.807, 2.05) is 0 Å². The van der Waals surface area contributed by atoms with Crippen molar-refractivity contribution in [1.29, 1.82) is 0 Å². The number of carbonyl (C=O) groups is 2. The highest BCUT2D eigenvalue weighted by Crippen LogP contribution is 2.38. The van der Waals surface area contributed by atoms with Crippen LogP contribution in [0.25, 0.3) is 21.5 Å². The number of hydrogen-bond donors (Lipinski definition) is 8. The Morgan fingerprint density at radius 3 is 1.55 bits per heavy atom. The number of carboxylic acid groups (broad SMARTS) is 2. The van der Waals surface area contributed by atoms with Gasteiger partial charge >= 0.3 is 11.9 Å². The standard InChI is InChI=1S/C23H16O6.C5H12N8/c24-20-16(14-7-3-1-5-12(14)9-18(20)22(26)27)11-17-15-8-4-2-6-13(15)10-19(21(17)25)23(28)29;1-3(11-13-5(8)9)2-10-12-4(6)7/h1-10,24-25H,11H2,(H,26,27)(H,28,29);2H,1H3,(H4,6,7,12)(H4,8,9,13)/b;10-2?,11-3+. The normalized spacial score (nSPS) is 11.1. The van der Waals surface area contributed by atoms with Crippen molar-refractivity contribution < 1.29 is 30.0 Å². The van der Waals surface area contributed by atoms with Crippen molar-refractivity contribution in [3.8, 4) is 11.5 Å². The van der Waals surface area contributed by atoms with Gasteiger partial charge in [-0.3, -0.25) is 0 Å². The second-order valence-electron chi connectivity index (χ2n) is 8.77. The molecule has 0 atom stereocenters. The number of guanidine groups is 2. The molecule has 0 amide bonds. The summed E-state index contributed by atoms with van der Waals surface area (Å²) in [6.07, 6.45) is 1.27. The van der Waals surface area contributed by atoms with Gasteiger partial charge < -0.3 is 43.4 Å². The maximum Gasteiger partial charge on any atom is 0.339 e. The first kappa shape index (κ1) is 30.4. The van der Waals surface area contributed by atoms with Gasteiger partial charge in [-0.15, -0.1) is 10.2 Å². The highest BCUT2D eigenvalue weighted by Gasteiger charge is 2.22. The molecule has 0 unspecified atom stereocenters. The minimum Gasteiger partial charge on any atom is -0.507 e. The smallest absolute Gasteiger partial charge is 0.339 e. The monoisotopic (exact) mass is 572 g/mol. The van der Waals surface area contributed by atoms with Gasteiger partial charge in [0.25, 0.3) is 0 Å². The summed E-state index contributed by atoms with van der Waals surface area (Å²) in [6, 6.07) is 16.8. The number of benzene rings is 4. The number of carboxylic acids is 2. The van der Waals surface area contributed by atoms with Crippen LogP contribution in [-0.4, -0.2) is 56.2 Å². The third kappa shape index (κ3) is 7.26. The lowest BCUT2D eigenvalue weighted by atomic mass is 9.90. The van der Waals surface area contributed by atoms with Crippen molar-refractivity contribution in [3.05, 3.63) is 82.9 Å². The zero-order chi connectivity index (χ0) is 31.0. The lowest BCUT2D eigenvalue weighted by Gasteiger charge is -2.16. The average molecular weight is 573 g/mol. The predicted octanol–water partition coefficient (Wildman–Crippen LogP) is 2.29. The number of rotatable bonds is 7. The van der Waals surface area contributed by atoms with Crippen molar-refractivity contribution in [2.24, 2.45) is 43.3 Å². The third-order valence-electron chi connectivity index (χ3n) is 5.81. The molecule has 12 N–H and O–H groups in total. The number of fused-ring (bicyclic) bond motifs is 2. The molecule has 4 aromatic rings. The third-order valence-corrected chi connectivity index (χ3v) is 5.81. The van der Waals surface area contributed by atoms with Gasteiger partial charge in [0.2, 0.25) is 11.9 Å². The Balaban J connectivity index is 0.000000316. The Morgan fingerprint density at radius 1 is 0.714 bits per heavy atom. The summed E-state index contributed by atoms with van der Waals surface area (Å²) < 4.78 is 0. The van der Waals surface area contributed by atoms with Crippen LogP contribution in [0, 0.1) is 0 Å². The molecule has 0 radical (unpaired) electrons. The predicted molar refractivity (Wildman–Crippen MR) is 161 cm³/mol. The van der Waals surface area contributed by atoms with Crippen LogP contribution in [0.2, 0.25) is 0 Å². The van der Waals surface area contributed by atoms with Crippen molar-refractivity contribution in [1.82, 2.24) is 0 Å². The molecule has 0 aromatic heterocycles. The minimum absolute atomic E-state index is 0.0407. The van der Waals surface area contributed by atoms with Crippen LogP contribution in [0.5, 0.6) is 11.5 Å². The number of nitrogens with zero attached hydrogens (tertiary/aromatic N) is 4. The van der Waals surface area contributed by atoms with Gasteiger partial charge in [0.1, 0.15) is 22.6 Å². The van der Waals surface area contributed by atoms with E-state index >= 15 is 0 Å². The van der Waals surface area contributed by atoms with Crippen LogP contribution >= 0.6 is 0 Å². The molecule has 14 heteroatoms. The van der Waals surface area contributed by atoms with E-state index in [0.29, 0.717) is 38.4 Å².